The number of ether oxygens (including phenoxy) is 1. The van der Waals surface area contributed by atoms with Crippen LogP contribution in [-0.4, -0.2) is 30.2 Å². The van der Waals surface area contributed by atoms with Crippen molar-refractivity contribution in [1.82, 2.24) is 4.90 Å². The van der Waals surface area contributed by atoms with Crippen LogP contribution in [0.4, 0.5) is 4.39 Å². The van der Waals surface area contributed by atoms with Crippen molar-refractivity contribution in [1.29, 1.82) is 0 Å². The molecule has 122 valence electrons. The fourth-order valence-electron chi connectivity index (χ4n) is 3.88. The number of benzene rings is 1. The fourth-order valence-corrected chi connectivity index (χ4v) is 3.88. The van der Waals surface area contributed by atoms with Crippen LogP contribution in [0.1, 0.15) is 63.5 Å². The van der Waals surface area contributed by atoms with Gasteiger partial charge in [-0.3, -0.25) is 4.90 Å². The minimum Gasteiger partial charge on any atom is -0.375 e. The Morgan fingerprint density at radius 2 is 1.64 bits per heavy atom. The molecule has 0 bridgehead atoms. The smallest absolute Gasteiger partial charge is 0.127 e. The molecule has 1 aromatic rings. The predicted molar refractivity (Wildman–Crippen MR) is 87.4 cm³/mol. The van der Waals surface area contributed by atoms with Crippen molar-refractivity contribution in [3.8, 4) is 0 Å². The van der Waals surface area contributed by atoms with E-state index in [1.54, 1.807) is 12.1 Å². The van der Waals surface area contributed by atoms with Crippen LogP contribution in [0.2, 0.25) is 0 Å². The molecular weight excluding hydrogens is 277 g/mol. The van der Waals surface area contributed by atoms with Gasteiger partial charge < -0.3 is 4.74 Å². The van der Waals surface area contributed by atoms with Gasteiger partial charge in [0.05, 0.1) is 12.2 Å². The Hall–Kier alpha value is -0.930. The third-order valence-electron chi connectivity index (χ3n) is 5.32. The highest BCUT2D eigenvalue weighted by molar-refractivity contribution is 5.20. The van der Waals surface area contributed by atoms with Gasteiger partial charge in [-0.1, -0.05) is 37.5 Å². The van der Waals surface area contributed by atoms with E-state index in [1.165, 1.54) is 32.1 Å². The first-order valence-corrected chi connectivity index (χ1v) is 8.88. The number of likely N-dealkylation sites (tertiary alicyclic amines) is 1. The number of rotatable bonds is 4. The van der Waals surface area contributed by atoms with Gasteiger partial charge in [0, 0.05) is 24.7 Å². The van der Waals surface area contributed by atoms with Crippen LogP contribution in [-0.2, 0) is 4.74 Å². The van der Waals surface area contributed by atoms with Crippen molar-refractivity contribution in [2.45, 2.75) is 70.1 Å². The summed E-state index contributed by atoms with van der Waals surface area (Å²) >= 11 is 0. The van der Waals surface area contributed by atoms with Crippen LogP contribution in [0.25, 0.3) is 0 Å². The molecule has 1 heterocycles. The molecule has 1 aliphatic carbocycles. The first-order valence-electron chi connectivity index (χ1n) is 8.88. The molecule has 1 unspecified atom stereocenters. The summed E-state index contributed by atoms with van der Waals surface area (Å²) in [4.78, 5) is 2.39. The first-order chi connectivity index (χ1) is 10.7. The fraction of sp³-hybridized carbons (Fsp3) is 0.684. The second-order valence-electron chi connectivity index (χ2n) is 6.83. The summed E-state index contributed by atoms with van der Waals surface area (Å²) in [5, 5.41) is 0. The Morgan fingerprint density at radius 1 is 1.00 bits per heavy atom. The summed E-state index contributed by atoms with van der Waals surface area (Å²) in [5.41, 5.74) is 0.814. The SMILES string of the molecule is CC(c1ccccc1F)N1CCC(OC2CCCCC2)CC1. The van der Waals surface area contributed by atoms with Gasteiger partial charge >= 0.3 is 0 Å². The molecule has 2 fully saturated rings. The summed E-state index contributed by atoms with van der Waals surface area (Å²) in [6.45, 7) is 4.13. The van der Waals surface area contributed by atoms with Crippen LogP contribution in [0.3, 0.4) is 0 Å². The maximum Gasteiger partial charge on any atom is 0.127 e. The number of piperidine rings is 1. The summed E-state index contributed by atoms with van der Waals surface area (Å²) in [6, 6.07) is 7.30. The number of halogens is 1. The zero-order chi connectivity index (χ0) is 15.4. The summed E-state index contributed by atoms with van der Waals surface area (Å²) in [6.07, 6.45) is 9.57. The minimum absolute atomic E-state index is 0.0874. The molecule has 1 saturated heterocycles. The maximum absolute atomic E-state index is 13.9. The van der Waals surface area contributed by atoms with Crippen LogP contribution in [0, 0.1) is 5.82 Å². The molecule has 22 heavy (non-hydrogen) atoms. The predicted octanol–water partition coefficient (Wildman–Crippen LogP) is 4.70. The average molecular weight is 305 g/mol. The molecular formula is C19H28FNO. The Labute approximate surface area is 133 Å². The van der Waals surface area contributed by atoms with E-state index in [4.69, 9.17) is 4.74 Å². The van der Waals surface area contributed by atoms with Gasteiger partial charge in [-0.25, -0.2) is 4.39 Å². The van der Waals surface area contributed by atoms with Crippen molar-refractivity contribution >= 4 is 0 Å². The Kier molecular flexibility index (Phi) is 5.48. The largest absolute Gasteiger partial charge is 0.375 e. The van der Waals surface area contributed by atoms with Crippen LogP contribution in [0.5, 0.6) is 0 Å². The molecule has 0 aromatic heterocycles. The van der Waals surface area contributed by atoms with Crippen molar-refractivity contribution in [3.63, 3.8) is 0 Å². The minimum atomic E-state index is -0.0874. The van der Waals surface area contributed by atoms with E-state index < -0.39 is 0 Å². The monoisotopic (exact) mass is 305 g/mol. The molecule has 3 heteroatoms. The van der Waals surface area contributed by atoms with Crippen molar-refractivity contribution in [3.05, 3.63) is 35.6 Å². The van der Waals surface area contributed by atoms with Gasteiger partial charge in [-0.2, -0.15) is 0 Å². The maximum atomic E-state index is 13.9. The van der Waals surface area contributed by atoms with Gasteiger partial charge in [-0.15, -0.1) is 0 Å². The summed E-state index contributed by atoms with van der Waals surface area (Å²) in [7, 11) is 0. The third kappa shape index (κ3) is 3.88. The lowest BCUT2D eigenvalue weighted by Crippen LogP contribution is -2.40. The highest BCUT2D eigenvalue weighted by atomic mass is 19.1. The van der Waals surface area contributed by atoms with Crippen LogP contribution in [0.15, 0.2) is 24.3 Å². The molecule has 3 rings (SSSR count). The van der Waals surface area contributed by atoms with E-state index in [0.717, 1.165) is 31.5 Å². The molecule has 0 radical (unpaired) electrons. The van der Waals surface area contributed by atoms with E-state index in [2.05, 4.69) is 11.8 Å². The van der Waals surface area contributed by atoms with Gasteiger partial charge in [0.25, 0.3) is 0 Å². The average Bonchev–Trinajstić information content (AvgIpc) is 2.56. The Balaban J connectivity index is 1.50. The third-order valence-corrected chi connectivity index (χ3v) is 5.32. The standard InChI is InChI=1S/C19H28FNO/c1-15(18-9-5-6-10-19(18)20)21-13-11-17(12-14-21)22-16-7-3-2-4-8-16/h5-6,9-10,15-17H,2-4,7-8,11-14H2,1H3. The van der Waals surface area contributed by atoms with Gasteiger partial charge in [0.15, 0.2) is 0 Å². The molecule has 0 spiro atoms. The van der Waals surface area contributed by atoms with E-state index in [1.807, 2.05) is 12.1 Å². The lowest BCUT2D eigenvalue weighted by atomic mass is 9.96. The molecule has 0 amide bonds. The molecule has 1 atom stereocenters. The number of hydrogen-bond donors (Lipinski definition) is 0. The van der Waals surface area contributed by atoms with Gasteiger partial charge in [0.2, 0.25) is 0 Å². The second kappa shape index (κ2) is 7.56. The summed E-state index contributed by atoms with van der Waals surface area (Å²) in [5.74, 6) is -0.0874. The lowest BCUT2D eigenvalue weighted by molar-refractivity contribution is -0.0597. The molecule has 0 N–H and O–H groups in total. The summed E-state index contributed by atoms with van der Waals surface area (Å²) < 4.78 is 20.2. The highest BCUT2D eigenvalue weighted by Crippen LogP contribution is 2.29. The quantitative estimate of drug-likeness (QED) is 0.799. The molecule has 1 aromatic carbocycles. The molecule has 1 saturated carbocycles. The second-order valence-corrected chi connectivity index (χ2v) is 6.83. The van der Waals surface area contributed by atoms with E-state index >= 15 is 0 Å². The molecule has 2 nitrogen and oxygen atoms in total. The Morgan fingerprint density at radius 3 is 2.32 bits per heavy atom. The van der Waals surface area contributed by atoms with Crippen molar-refractivity contribution in [2.75, 3.05) is 13.1 Å². The molecule has 2 aliphatic rings. The van der Waals surface area contributed by atoms with E-state index in [-0.39, 0.29) is 11.9 Å². The van der Waals surface area contributed by atoms with E-state index in [9.17, 15) is 4.39 Å². The van der Waals surface area contributed by atoms with Gasteiger partial charge in [0.1, 0.15) is 5.82 Å². The highest BCUT2D eigenvalue weighted by Gasteiger charge is 2.27. The van der Waals surface area contributed by atoms with Crippen molar-refractivity contribution in [2.24, 2.45) is 0 Å². The Bertz CT molecular complexity index is 464. The first kappa shape index (κ1) is 15.9. The zero-order valence-electron chi connectivity index (χ0n) is 13.6. The van der Waals surface area contributed by atoms with E-state index in [0.29, 0.717) is 12.2 Å². The van der Waals surface area contributed by atoms with Gasteiger partial charge in [-0.05, 0) is 38.7 Å². The van der Waals surface area contributed by atoms with Crippen molar-refractivity contribution < 1.29 is 9.13 Å². The van der Waals surface area contributed by atoms with Crippen LogP contribution >= 0.6 is 0 Å². The topological polar surface area (TPSA) is 12.5 Å². The normalized spacial score (nSPS) is 23.5. The lowest BCUT2D eigenvalue weighted by Gasteiger charge is -2.38. The number of hydrogen-bond acceptors (Lipinski definition) is 2. The molecule has 1 aliphatic heterocycles. The number of nitrogens with zero attached hydrogens (tertiary/aromatic N) is 1. The zero-order valence-corrected chi connectivity index (χ0v) is 13.6. The van der Waals surface area contributed by atoms with Crippen LogP contribution < -0.4 is 0 Å².